The molecule has 0 bridgehead atoms. The zero-order valence-electron chi connectivity index (χ0n) is 10.2. The number of aryl methyl sites for hydroxylation is 1. The van der Waals surface area contributed by atoms with Gasteiger partial charge in [-0.05, 0) is 24.0 Å². The fraction of sp³-hybridized carbons (Fsp3) is 0.538. The van der Waals surface area contributed by atoms with Gasteiger partial charge in [-0.2, -0.15) is 0 Å². The first kappa shape index (κ1) is 13.2. The van der Waals surface area contributed by atoms with Crippen LogP contribution in [0.1, 0.15) is 37.4 Å². The summed E-state index contributed by atoms with van der Waals surface area (Å²) in [5, 5.41) is 0. The molecule has 0 amide bonds. The maximum Gasteiger partial charge on any atom is 0.0693 e. The van der Waals surface area contributed by atoms with Gasteiger partial charge in [-0.1, -0.05) is 38.1 Å². The molecule has 0 aliphatic carbocycles. The van der Waals surface area contributed by atoms with Crippen molar-refractivity contribution in [3.8, 4) is 0 Å². The van der Waals surface area contributed by atoms with E-state index in [-0.39, 0.29) is 6.04 Å². The van der Waals surface area contributed by atoms with E-state index in [1.165, 1.54) is 11.1 Å². The van der Waals surface area contributed by atoms with Crippen LogP contribution in [0.15, 0.2) is 24.3 Å². The second kappa shape index (κ2) is 7.39. The van der Waals surface area contributed by atoms with Crippen LogP contribution in [0.4, 0.5) is 0 Å². The van der Waals surface area contributed by atoms with Gasteiger partial charge in [-0.3, -0.25) is 11.3 Å². The molecule has 90 valence electrons. The summed E-state index contributed by atoms with van der Waals surface area (Å²) >= 11 is 0. The minimum absolute atomic E-state index is 0.0810. The van der Waals surface area contributed by atoms with E-state index in [1.54, 1.807) is 0 Å². The van der Waals surface area contributed by atoms with Gasteiger partial charge < -0.3 is 4.74 Å². The van der Waals surface area contributed by atoms with E-state index in [0.29, 0.717) is 6.61 Å². The molecule has 0 spiro atoms. The zero-order chi connectivity index (χ0) is 11.8. The highest BCUT2D eigenvalue weighted by Crippen LogP contribution is 2.14. The molecule has 0 saturated carbocycles. The van der Waals surface area contributed by atoms with Gasteiger partial charge in [-0.15, -0.1) is 0 Å². The molecule has 0 aliphatic rings. The van der Waals surface area contributed by atoms with E-state index in [2.05, 4.69) is 43.5 Å². The number of hydrogen-bond acceptors (Lipinski definition) is 3. The van der Waals surface area contributed by atoms with Crippen molar-refractivity contribution in [1.82, 2.24) is 5.43 Å². The maximum absolute atomic E-state index is 5.53. The number of hydrazine groups is 1. The molecule has 3 heteroatoms. The van der Waals surface area contributed by atoms with E-state index in [0.717, 1.165) is 19.4 Å². The Labute approximate surface area is 98.0 Å². The number of ether oxygens (including phenoxy) is 1. The lowest BCUT2D eigenvalue weighted by Gasteiger charge is -2.16. The lowest BCUT2D eigenvalue weighted by molar-refractivity contribution is 0.112. The predicted octanol–water partition coefficient (Wildman–Crippen LogP) is 2.18. The van der Waals surface area contributed by atoms with Crippen molar-refractivity contribution in [2.24, 2.45) is 5.84 Å². The van der Waals surface area contributed by atoms with Gasteiger partial charge in [0.2, 0.25) is 0 Å². The molecule has 1 rings (SSSR count). The van der Waals surface area contributed by atoms with Crippen molar-refractivity contribution in [2.75, 3.05) is 13.2 Å². The van der Waals surface area contributed by atoms with Gasteiger partial charge in [0, 0.05) is 6.61 Å². The quantitative estimate of drug-likeness (QED) is 0.422. The molecular weight excluding hydrogens is 200 g/mol. The smallest absolute Gasteiger partial charge is 0.0693 e. The Balaban J connectivity index is 2.56. The zero-order valence-corrected chi connectivity index (χ0v) is 10.2. The van der Waals surface area contributed by atoms with E-state index >= 15 is 0 Å². The van der Waals surface area contributed by atoms with E-state index < -0.39 is 0 Å². The second-order valence-corrected chi connectivity index (χ2v) is 3.89. The molecule has 0 radical (unpaired) electrons. The molecule has 3 N–H and O–H groups in total. The van der Waals surface area contributed by atoms with E-state index in [1.807, 2.05) is 0 Å². The molecule has 1 atom stereocenters. The summed E-state index contributed by atoms with van der Waals surface area (Å²) in [4.78, 5) is 0. The highest BCUT2D eigenvalue weighted by molar-refractivity contribution is 5.25. The molecule has 0 aromatic heterocycles. The molecule has 3 nitrogen and oxygen atoms in total. The molecule has 0 saturated heterocycles. The second-order valence-electron chi connectivity index (χ2n) is 3.89. The summed E-state index contributed by atoms with van der Waals surface area (Å²) in [6.07, 6.45) is 2.10. The van der Waals surface area contributed by atoms with Crippen molar-refractivity contribution in [3.05, 3.63) is 35.4 Å². The Bertz CT molecular complexity index is 284. The van der Waals surface area contributed by atoms with Crippen LogP contribution in [0.25, 0.3) is 0 Å². The van der Waals surface area contributed by atoms with Gasteiger partial charge in [0.1, 0.15) is 0 Å². The van der Waals surface area contributed by atoms with Gasteiger partial charge in [-0.25, -0.2) is 0 Å². The highest BCUT2D eigenvalue weighted by atomic mass is 16.5. The number of hydrogen-bond donors (Lipinski definition) is 2. The average Bonchev–Trinajstić information content (AvgIpc) is 2.35. The predicted molar refractivity (Wildman–Crippen MR) is 67.0 cm³/mol. The first-order valence-electron chi connectivity index (χ1n) is 5.94. The van der Waals surface area contributed by atoms with Gasteiger partial charge in [0.15, 0.2) is 0 Å². The van der Waals surface area contributed by atoms with Crippen molar-refractivity contribution < 1.29 is 4.74 Å². The first-order chi connectivity index (χ1) is 7.81. The first-order valence-corrected chi connectivity index (χ1v) is 5.94. The number of nitrogens with one attached hydrogen (secondary N) is 1. The third kappa shape index (κ3) is 3.93. The van der Waals surface area contributed by atoms with Crippen LogP contribution >= 0.6 is 0 Å². The number of rotatable bonds is 7. The fourth-order valence-electron chi connectivity index (χ4n) is 1.57. The Morgan fingerprint density at radius 2 is 1.94 bits per heavy atom. The SMILES string of the molecule is CCCOCC(NN)c1ccc(CC)cc1. The summed E-state index contributed by atoms with van der Waals surface area (Å²) in [6.45, 7) is 5.65. The van der Waals surface area contributed by atoms with Crippen molar-refractivity contribution in [2.45, 2.75) is 32.7 Å². The monoisotopic (exact) mass is 222 g/mol. The fourth-order valence-corrected chi connectivity index (χ4v) is 1.57. The summed E-state index contributed by atoms with van der Waals surface area (Å²) in [7, 11) is 0. The number of nitrogens with two attached hydrogens (primary N) is 1. The van der Waals surface area contributed by atoms with Crippen LogP contribution in [0, 0.1) is 0 Å². The van der Waals surface area contributed by atoms with Crippen LogP contribution in [0.3, 0.4) is 0 Å². The van der Waals surface area contributed by atoms with E-state index in [9.17, 15) is 0 Å². The van der Waals surface area contributed by atoms with Gasteiger partial charge >= 0.3 is 0 Å². The Kier molecular flexibility index (Phi) is 6.08. The Morgan fingerprint density at radius 3 is 2.44 bits per heavy atom. The molecule has 1 unspecified atom stereocenters. The lowest BCUT2D eigenvalue weighted by atomic mass is 10.0. The van der Waals surface area contributed by atoms with E-state index in [4.69, 9.17) is 10.6 Å². The summed E-state index contributed by atoms with van der Waals surface area (Å²) in [5.74, 6) is 5.53. The minimum Gasteiger partial charge on any atom is -0.379 e. The van der Waals surface area contributed by atoms with Crippen LogP contribution < -0.4 is 11.3 Å². The standard InChI is InChI=1S/C13H22N2O/c1-3-9-16-10-13(15-14)12-7-5-11(4-2)6-8-12/h5-8,13,15H,3-4,9-10,14H2,1-2H3. The molecule has 0 aliphatic heterocycles. The summed E-state index contributed by atoms with van der Waals surface area (Å²) in [6, 6.07) is 8.58. The molecule has 16 heavy (non-hydrogen) atoms. The maximum atomic E-state index is 5.53. The van der Waals surface area contributed by atoms with Crippen molar-refractivity contribution in [3.63, 3.8) is 0 Å². The molecule has 0 heterocycles. The van der Waals surface area contributed by atoms with Crippen LogP contribution in [0.5, 0.6) is 0 Å². The largest absolute Gasteiger partial charge is 0.379 e. The average molecular weight is 222 g/mol. The topological polar surface area (TPSA) is 47.3 Å². The third-order valence-electron chi connectivity index (χ3n) is 2.62. The third-order valence-corrected chi connectivity index (χ3v) is 2.62. The van der Waals surface area contributed by atoms with Crippen LogP contribution in [0.2, 0.25) is 0 Å². The Hall–Kier alpha value is -0.900. The minimum atomic E-state index is 0.0810. The molecule has 1 aromatic rings. The molecule has 0 fully saturated rings. The van der Waals surface area contributed by atoms with Crippen LogP contribution in [-0.2, 0) is 11.2 Å². The highest BCUT2D eigenvalue weighted by Gasteiger charge is 2.08. The van der Waals surface area contributed by atoms with Crippen molar-refractivity contribution >= 4 is 0 Å². The lowest BCUT2D eigenvalue weighted by Crippen LogP contribution is -2.31. The summed E-state index contributed by atoms with van der Waals surface area (Å²) in [5.41, 5.74) is 5.31. The van der Waals surface area contributed by atoms with Crippen molar-refractivity contribution in [1.29, 1.82) is 0 Å². The normalized spacial score (nSPS) is 12.7. The number of benzene rings is 1. The molecule has 1 aromatic carbocycles. The van der Waals surface area contributed by atoms with Gasteiger partial charge in [0.25, 0.3) is 0 Å². The molecular formula is C13H22N2O. The van der Waals surface area contributed by atoms with Crippen LogP contribution in [-0.4, -0.2) is 13.2 Å². The Morgan fingerprint density at radius 1 is 1.25 bits per heavy atom. The summed E-state index contributed by atoms with van der Waals surface area (Å²) < 4.78 is 5.50. The van der Waals surface area contributed by atoms with Gasteiger partial charge in [0.05, 0.1) is 12.6 Å².